The van der Waals surface area contributed by atoms with E-state index in [1.165, 1.54) is 6.20 Å². The number of benzene rings is 1. The standard InChI is InChI=1S/C12H12FN3/c13-11(8-4-1-2-6-10(8)14)9-5-3-7-16-12(9)15/h1-7,11H,14H2,(H2,15,16). The topological polar surface area (TPSA) is 64.9 Å². The molecule has 0 aliphatic heterocycles. The van der Waals surface area contributed by atoms with Gasteiger partial charge in [-0.2, -0.15) is 0 Å². The molecule has 4 heteroatoms. The first-order valence-electron chi connectivity index (χ1n) is 4.89. The van der Waals surface area contributed by atoms with Gasteiger partial charge in [0, 0.05) is 23.0 Å². The van der Waals surface area contributed by atoms with Crippen LogP contribution in [0, 0.1) is 0 Å². The zero-order valence-corrected chi connectivity index (χ0v) is 8.60. The summed E-state index contributed by atoms with van der Waals surface area (Å²) < 4.78 is 14.2. The van der Waals surface area contributed by atoms with E-state index in [1.54, 1.807) is 36.4 Å². The van der Waals surface area contributed by atoms with Gasteiger partial charge in [0.15, 0.2) is 6.17 Å². The number of nitrogens with zero attached hydrogens (tertiary/aromatic N) is 1. The Morgan fingerprint density at radius 3 is 2.38 bits per heavy atom. The molecule has 0 saturated heterocycles. The maximum absolute atomic E-state index is 14.2. The average molecular weight is 217 g/mol. The third-order valence-electron chi connectivity index (χ3n) is 2.41. The highest BCUT2D eigenvalue weighted by Crippen LogP contribution is 2.31. The molecule has 0 amide bonds. The third kappa shape index (κ3) is 1.82. The van der Waals surface area contributed by atoms with Gasteiger partial charge in [-0.1, -0.05) is 24.3 Å². The highest BCUT2D eigenvalue weighted by Gasteiger charge is 2.17. The SMILES string of the molecule is Nc1ccccc1C(F)c1cccnc1N. The number of hydrogen-bond donors (Lipinski definition) is 2. The van der Waals surface area contributed by atoms with Crippen molar-refractivity contribution in [2.45, 2.75) is 6.17 Å². The normalized spacial score (nSPS) is 12.3. The van der Waals surface area contributed by atoms with Crippen LogP contribution in [-0.4, -0.2) is 4.98 Å². The minimum Gasteiger partial charge on any atom is -0.398 e. The van der Waals surface area contributed by atoms with Crippen molar-refractivity contribution in [3.8, 4) is 0 Å². The van der Waals surface area contributed by atoms with E-state index in [-0.39, 0.29) is 5.82 Å². The van der Waals surface area contributed by atoms with Gasteiger partial charge in [-0.25, -0.2) is 9.37 Å². The second-order valence-corrected chi connectivity index (χ2v) is 3.47. The third-order valence-corrected chi connectivity index (χ3v) is 2.41. The van der Waals surface area contributed by atoms with Crippen LogP contribution in [-0.2, 0) is 0 Å². The quantitative estimate of drug-likeness (QED) is 0.758. The van der Waals surface area contributed by atoms with Crippen LogP contribution < -0.4 is 11.5 Å². The van der Waals surface area contributed by atoms with Crippen LogP contribution in [0.25, 0.3) is 0 Å². The van der Waals surface area contributed by atoms with E-state index in [1.807, 2.05) is 0 Å². The zero-order chi connectivity index (χ0) is 11.5. The number of nitrogen functional groups attached to an aromatic ring is 2. The minimum atomic E-state index is -1.34. The van der Waals surface area contributed by atoms with Gasteiger partial charge in [-0.3, -0.25) is 0 Å². The van der Waals surface area contributed by atoms with Crippen molar-refractivity contribution in [3.05, 3.63) is 53.7 Å². The summed E-state index contributed by atoms with van der Waals surface area (Å²) in [5.74, 6) is 0.193. The van der Waals surface area contributed by atoms with E-state index >= 15 is 0 Å². The molecule has 82 valence electrons. The molecule has 1 unspecified atom stereocenters. The molecule has 1 aromatic carbocycles. The molecular weight excluding hydrogens is 205 g/mol. The number of para-hydroxylation sites is 1. The molecule has 0 aliphatic rings. The van der Waals surface area contributed by atoms with E-state index in [4.69, 9.17) is 11.5 Å². The number of pyridine rings is 1. The van der Waals surface area contributed by atoms with Crippen molar-refractivity contribution in [2.75, 3.05) is 11.5 Å². The molecule has 2 aromatic rings. The number of halogens is 1. The van der Waals surface area contributed by atoms with Crippen LogP contribution in [0.3, 0.4) is 0 Å². The lowest BCUT2D eigenvalue weighted by molar-refractivity contribution is 0.403. The minimum absolute atomic E-state index is 0.193. The molecule has 16 heavy (non-hydrogen) atoms. The Balaban J connectivity index is 2.44. The number of alkyl halides is 1. The van der Waals surface area contributed by atoms with Crippen molar-refractivity contribution in [3.63, 3.8) is 0 Å². The molecule has 0 aliphatic carbocycles. The molecule has 0 fully saturated rings. The van der Waals surface area contributed by atoms with Gasteiger partial charge in [-0.15, -0.1) is 0 Å². The van der Waals surface area contributed by atoms with Crippen molar-refractivity contribution < 1.29 is 4.39 Å². The largest absolute Gasteiger partial charge is 0.398 e. The Morgan fingerprint density at radius 1 is 1.00 bits per heavy atom. The summed E-state index contributed by atoms with van der Waals surface area (Å²) in [5.41, 5.74) is 12.5. The monoisotopic (exact) mass is 217 g/mol. The smallest absolute Gasteiger partial charge is 0.156 e. The van der Waals surface area contributed by atoms with Crippen LogP contribution >= 0.6 is 0 Å². The number of hydrogen-bond acceptors (Lipinski definition) is 3. The molecular formula is C12H12FN3. The first-order chi connectivity index (χ1) is 7.70. The highest BCUT2D eigenvalue weighted by molar-refractivity contribution is 5.53. The van der Waals surface area contributed by atoms with Gasteiger partial charge in [0.05, 0.1) is 0 Å². The van der Waals surface area contributed by atoms with Crippen LogP contribution in [0.5, 0.6) is 0 Å². The lowest BCUT2D eigenvalue weighted by atomic mass is 10.0. The molecule has 1 atom stereocenters. The second kappa shape index (κ2) is 4.18. The van der Waals surface area contributed by atoms with Gasteiger partial charge in [0.2, 0.25) is 0 Å². The van der Waals surface area contributed by atoms with Crippen LogP contribution in [0.4, 0.5) is 15.9 Å². The fourth-order valence-electron chi connectivity index (χ4n) is 1.55. The lowest BCUT2D eigenvalue weighted by Crippen LogP contribution is -2.04. The van der Waals surface area contributed by atoms with Gasteiger partial charge in [0.25, 0.3) is 0 Å². The summed E-state index contributed by atoms with van der Waals surface area (Å²) in [4.78, 5) is 3.85. The predicted molar refractivity (Wildman–Crippen MR) is 62.5 cm³/mol. The lowest BCUT2D eigenvalue weighted by Gasteiger charge is -2.12. The van der Waals surface area contributed by atoms with Crippen molar-refractivity contribution in [2.24, 2.45) is 0 Å². The van der Waals surface area contributed by atoms with Gasteiger partial charge >= 0.3 is 0 Å². The Hall–Kier alpha value is -2.10. The molecule has 0 radical (unpaired) electrons. The fourth-order valence-corrected chi connectivity index (χ4v) is 1.55. The first kappa shape index (κ1) is 10.4. The molecule has 2 rings (SSSR count). The summed E-state index contributed by atoms with van der Waals surface area (Å²) in [6.45, 7) is 0. The molecule has 1 aromatic heterocycles. The fraction of sp³-hybridized carbons (Fsp3) is 0.0833. The van der Waals surface area contributed by atoms with Crippen molar-refractivity contribution >= 4 is 11.5 Å². The Morgan fingerprint density at radius 2 is 1.69 bits per heavy atom. The summed E-state index contributed by atoms with van der Waals surface area (Å²) >= 11 is 0. The summed E-state index contributed by atoms with van der Waals surface area (Å²) in [7, 11) is 0. The van der Waals surface area contributed by atoms with E-state index in [2.05, 4.69) is 4.98 Å². The maximum atomic E-state index is 14.2. The van der Waals surface area contributed by atoms with E-state index in [9.17, 15) is 4.39 Å². The summed E-state index contributed by atoms with van der Waals surface area (Å²) in [5, 5.41) is 0. The number of aromatic nitrogens is 1. The molecule has 4 N–H and O–H groups in total. The Bertz CT molecular complexity index is 454. The van der Waals surface area contributed by atoms with E-state index in [0.717, 1.165) is 0 Å². The first-order valence-corrected chi connectivity index (χ1v) is 4.89. The van der Waals surface area contributed by atoms with Crippen LogP contribution in [0.2, 0.25) is 0 Å². The average Bonchev–Trinajstić information content (AvgIpc) is 2.29. The number of rotatable bonds is 2. The number of anilines is 2. The zero-order valence-electron chi connectivity index (χ0n) is 8.60. The summed E-state index contributed by atoms with van der Waals surface area (Å²) in [6, 6.07) is 10.1. The van der Waals surface area contributed by atoms with Crippen LogP contribution in [0.15, 0.2) is 42.6 Å². The van der Waals surface area contributed by atoms with Crippen molar-refractivity contribution in [1.82, 2.24) is 4.98 Å². The second-order valence-electron chi connectivity index (χ2n) is 3.47. The maximum Gasteiger partial charge on any atom is 0.156 e. The molecule has 0 spiro atoms. The highest BCUT2D eigenvalue weighted by atomic mass is 19.1. The molecule has 0 bridgehead atoms. The van der Waals surface area contributed by atoms with Gasteiger partial charge in [0.1, 0.15) is 5.82 Å². The van der Waals surface area contributed by atoms with Crippen molar-refractivity contribution in [1.29, 1.82) is 0 Å². The van der Waals surface area contributed by atoms with E-state index < -0.39 is 6.17 Å². The van der Waals surface area contributed by atoms with Gasteiger partial charge in [-0.05, 0) is 12.1 Å². The summed E-state index contributed by atoms with van der Waals surface area (Å²) in [6.07, 6.45) is 0.190. The Kier molecular flexibility index (Phi) is 2.72. The van der Waals surface area contributed by atoms with Gasteiger partial charge < -0.3 is 11.5 Å². The molecule has 1 heterocycles. The molecule has 0 saturated carbocycles. The Labute approximate surface area is 92.9 Å². The van der Waals surface area contributed by atoms with E-state index in [0.29, 0.717) is 16.8 Å². The number of nitrogens with two attached hydrogens (primary N) is 2. The predicted octanol–water partition coefficient (Wildman–Crippen LogP) is 2.30. The van der Waals surface area contributed by atoms with Crippen LogP contribution in [0.1, 0.15) is 17.3 Å². The molecule has 3 nitrogen and oxygen atoms in total.